The highest BCUT2D eigenvalue weighted by Crippen LogP contribution is 2.29. The number of carbonyl (C=O) groups is 1. The number of benzene rings is 2. The quantitative estimate of drug-likeness (QED) is 0.453. The van der Waals surface area contributed by atoms with Crippen LogP contribution in [-0.4, -0.2) is 27.0 Å². The van der Waals surface area contributed by atoms with Crippen LogP contribution in [0.4, 0.5) is 0 Å². The number of nitrogens with zero attached hydrogens (tertiary/aromatic N) is 3. The Kier molecular flexibility index (Phi) is 5.96. The molecule has 1 heterocycles. The van der Waals surface area contributed by atoms with Gasteiger partial charge in [0.2, 0.25) is 17.7 Å². The molecule has 4 rings (SSSR count). The average molecular weight is 436 g/mol. The van der Waals surface area contributed by atoms with E-state index in [1.54, 1.807) is 23.1 Å². The maximum absolute atomic E-state index is 12.9. The molecular formula is C25H26ClN3O2. The van der Waals surface area contributed by atoms with Gasteiger partial charge in [-0.1, -0.05) is 56.6 Å². The molecule has 0 radical (unpaired) electrons. The topological polar surface area (TPSA) is 59.2 Å². The largest absolute Gasteiger partial charge is 0.419 e. The summed E-state index contributed by atoms with van der Waals surface area (Å²) in [5, 5.41) is 8.89. The molecule has 1 aromatic heterocycles. The Morgan fingerprint density at radius 2 is 1.77 bits per heavy atom. The van der Waals surface area contributed by atoms with Crippen LogP contribution in [0.15, 0.2) is 59.0 Å². The van der Waals surface area contributed by atoms with Crippen LogP contribution in [0.3, 0.4) is 0 Å². The Morgan fingerprint density at radius 3 is 2.39 bits per heavy atom. The highest BCUT2D eigenvalue weighted by atomic mass is 35.5. The summed E-state index contributed by atoms with van der Waals surface area (Å²) < 4.78 is 5.79. The van der Waals surface area contributed by atoms with E-state index in [1.807, 2.05) is 30.3 Å². The third kappa shape index (κ3) is 5.42. The molecule has 1 aliphatic carbocycles. The molecule has 5 nitrogen and oxygen atoms in total. The fourth-order valence-electron chi connectivity index (χ4n) is 3.30. The molecule has 1 saturated carbocycles. The molecule has 2 aromatic carbocycles. The Morgan fingerprint density at radius 1 is 1.10 bits per heavy atom. The minimum Gasteiger partial charge on any atom is -0.419 e. The van der Waals surface area contributed by atoms with Gasteiger partial charge >= 0.3 is 0 Å². The molecule has 6 heteroatoms. The SMILES string of the molecule is CC(C)(C)c1ccc(C=CC(=O)N(Cc2nnc(-c3ccc(Cl)cc3)o2)C2CC2)cc1. The predicted octanol–water partition coefficient (Wildman–Crippen LogP) is 5.89. The van der Waals surface area contributed by atoms with Crippen molar-refractivity contribution in [1.82, 2.24) is 15.1 Å². The van der Waals surface area contributed by atoms with E-state index in [9.17, 15) is 4.79 Å². The van der Waals surface area contributed by atoms with Crippen molar-refractivity contribution in [2.45, 2.75) is 51.6 Å². The van der Waals surface area contributed by atoms with Gasteiger partial charge in [0, 0.05) is 22.7 Å². The molecule has 1 amide bonds. The molecule has 0 unspecified atom stereocenters. The van der Waals surface area contributed by atoms with Crippen molar-refractivity contribution >= 4 is 23.6 Å². The molecule has 0 aliphatic heterocycles. The Balaban J connectivity index is 1.44. The van der Waals surface area contributed by atoms with Crippen molar-refractivity contribution in [1.29, 1.82) is 0 Å². The van der Waals surface area contributed by atoms with Gasteiger partial charge in [0.1, 0.15) is 0 Å². The fourth-order valence-corrected chi connectivity index (χ4v) is 3.43. The molecule has 3 aromatic rings. The molecule has 160 valence electrons. The first-order valence-corrected chi connectivity index (χ1v) is 10.8. The molecule has 0 spiro atoms. The molecule has 0 atom stereocenters. The van der Waals surface area contributed by atoms with Crippen LogP contribution in [0, 0.1) is 0 Å². The summed E-state index contributed by atoms with van der Waals surface area (Å²) in [5.41, 5.74) is 3.17. The van der Waals surface area contributed by atoms with Crippen molar-refractivity contribution in [3.05, 3.63) is 76.6 Å². The third-order valence-corrected chi connectivity index (χ3v) is 5.58. The standard InChI is InChI=1S/C25H26ClN3O2/c1-25(2,3)19-9-4-17(5-10-19)6-15-23(30)29(21-13-14-21)16-22-27-28-24(31-22)18-7-11-20(26)12-8-18/h4-12,15,21H,13-14,16H2,1-3H3. The average Bonchev–Trinajstić information content (AvgIpc) is 3.48. The van der Waals surface area contributed by atoms with Gasteiger partial charge in [0.05, 0.1) is 6.54 Å². The summed E-state index contributed by atoms with van der Waals surface area (Å²) in [5.74, 6) is 0.797. The van der Waals surface area contributed by atoms with Crippen LogP contribution >= 0.6 is 11.6 Å². The number of halogens is 1. The highest BCUT2D eigenvalue weighted by Gasteiger charge is 2.32. The molecule has 1 aliphatic rings. The number of rotatable bonds is 6. The smallest absolute Gasteiger partial charge is 0.247 e. The van der Waals surface area contributed by atoms with Crippen LogP contribution in [0.2, 0.25) is 5.02 Å². The second-order valence-corrected chi connectivity index (χ2v) is 9.35. The number of amides is 1. The van der Waals surface area contributed by atoms with E-state index in [1.165, 1.54) is 5.56 Å². The van der Waals surface area contributed by atoms with Crippen LogP contribution in [-0.2, 0) is 16.8 Å². The van der Waals surface area contributed by atoms with Crippen LogP contribution in [0.25, 0.3) is 17.5 Å². The first-order valence-electron chi connectivity index (χ1n) is 10.5. The van der Waals surface area contributed by atoms with Gasteiger partial charge in [-0.3, -0.25) is 4.79 Å². The number of aromatic nitrogens is 2. The zero-order valence-electron chi connectivity index (χ0n) is 18.0. The zero-order chi connectivity index (χ0) is 22.0. The van der Waals surface area contributed by atoms with Gasteiger partial charge in [0.15, 0.2) is 0 Å². The highest BCUT2D eigenvalue weighted by molar-refractivity contribution is 6.30. The van der Waals surface area contributed by atoms with Gasteiger partial charge in [-0.25, -0.2) is 0 Å². The van der Waals surface area contributed by atoms with Gasteiger partial charge in [-0.2, -0.15) is 0 Å². The Labute approximate surface area is 187 Å². The molecule has 0 saturated heterocycles. The first kappa shape index (κ1) is 21.3. The summed E-state index contributed by atoms with van der Waals surface area (Å²) in [6.45, 7) is 6.86. The van der Waals surface area contributed by atoms with Crippen LogP contribution in [0.5, 0.6) is 0 Å². The maximum atomic E-state index is 12.9. The summed E-state index contributed by atoms with van der Waals surface area (Å²) >= 11 is 5.93. The Bertz CT molecular complexity index is 1080. The van der Waals surface area contributed by atoms with Gasteiger partial charge < -0.3 is 9.32 Å². The van der Waals surface area contributed by atoms with Gasteiger partial charge in [-0.15, -0.1) is 10.2 Å². The molecule has 0 bridgehead atoms. The van der Waals surface area contributed by atoms with E-state index < -0.39 is 0 Å². The van der Waals surface area contributed by atoms with Gasteiger partial charge in [0.25, 0.3) is 0 Å². The second kappa shape index (κ2) is 8.67. The summed E-state index contributed by atoms with van der Waals surface area (Å²) in [6, 6.07) is 15.8. The molecule has 31 heavy (non-hydrogen) atoms. The maximum Gasteiger partial charge on any atom is 0.247 e. The van der Waals surface area contributed by atoms with Crippen LogP contribution < -0.4 is 0 Å². The summed E-state index contributed by atoms with van der Waals surface area (Å²) in [6.07, 6.45) is 5.48. The van der Waals surface area contributed by atoms with E-state index in [4.69, 9.17) is 16.0 Å². The molecule has 0 N–H and O–H groups in total. The fraction of sp³-hybridized carbons (Fsp3) is 0.320. The third-order valence-electron chi connectivity index (χ3n) is 5.33. The lowest BCUT2D eigenvalue weighted by atomic mass is 9.87. The monoisotopic (exact) mass is 435 g/mol. The van der Waals surface area contributed by atoms with Crippen molar-refractivity contribution in [2.75, 3.05) is 0 Å². The van der Waals surface area contributed by atoms with E-state index in [-0.39, 0.29) is 17.4 Å². The minimum absolute atomic E-state index is 0.0476. The zero-order valence-corrected chi connectivity index (χ0v) is 18.8. The molecular weight excluding hydrogens is 410 g/mol. The normalized spacial score (nSPS) is 14.2. The number of hydrogen-bond acceptors (Lipinski definition) is 4. The van der Waals surface area contributed by atoms with Gasteiger partial charge in [-0.05, 0) is 59.7 Å². The van der Waals surface area contributed by atoms with E-state index in [0.29, 0.717) is 23.3 Å². The summed E-state index contributed by atoms with van der Waals surface area (Å²) in [4.78, 5) is 14.7. The predicted molar refractivity (Wildman–Crippen MR) is 122 cm³/mol. The van der Waals surface area contributed by atoms with Crippen molar-refractivity contribution in [2.24, 2.45) is 0 Å². The van der Waals surface area contributed by atoms with Crippen molar-refractivity contribution < 1.29 is 9.21 Å². The van der Waals surface area contributed by atoms with Crippen molar-refractivity contribution in [3.63, 3.8) is 0 Å². The Hall–Kier alpha value is -2.92. The van der Waals surface area contributed by atoms with E-state index in [2.05, 4.69) is 43.1 Å². The lowest BCUT2D eigenvalue weighted by Crippen LogP contribution is -2.31. The molecule has 1 fully saturated rings. The minimum atomic E-state index is -0.0476. The number of hydrogen-bond donors (Lipinski definition) is 0. The lowest BCUT2D eigenvalue weighted by Gasteiger charge is -2.19. The van der Waals surface area contributed by atoms with Crippen molar-refractivity contribution in [3.8, 4) is 11.5 Å². The second-order valence-electron chi connectivity index (χ2n) is 8.91. The lowest BCUT2D eigenvalue weighted by molar-refractivity contribution is -0.127. The van der Waals surface area contributed by atoms with E-state index >= 15 is 0 Å². The van der Waals surface area contributed by atoms with Crippen LogP contribution in [0.1, 0.15) is 50.6 Å². The first-order chi connectivity index (χ1) is 14.8. The van der Waals surface area contributed by atoms with E-state index in [0.717, 1.165) is 24.0 Å². The number of carbonyl (C=O) groups excluding carboxylic acids is 1. The summed E-state index contributed by atoms with van der Waals surface area (Å²) in [7, 11) is 0.